The zero-order valence-electron chi connectivity index (χ0n) is 14.2. The second-order valence-corrected chi connectivity index (χ2v) is 5.93. The maximum Gasteiger partial charge on any atom is 0.373 e. The Labute approximate surface area is 149 Å². The summed E-state index contributed by atoms with van der Waals surface area (Å²) in [6.07, 6.45) is 2.86. The van der Waals surface area contributed by atoms with E-state index in [0.29, 0.717) is 11.3 Å². The fourth-order valence-electron chi connectivity index (χ4n) is 2.76. The quantitative estimate of drug-likeness (QED) is 0.845. The molecule has 0 unspecified atom stereocenters. The van der Waals surface area contributed by atoms with E-state index < -0.39 is 29.3 Å². The third kappa shape index (κ3) is 3.11. The Balaban J connectivity index is 2.00. The van der Waals surface area contributed by atoms with Crippen LogP contribution in [-0.2, 0) is 19.1 Å². The molecule has 26 heavy (non-hydrogen) atoms. The molecule has 134 valence electrons. The smallest absolute Gasteiger partial charge is 0.373 e. The Morgan fingerprint density at radius 3 is 2.50 bits per heavy atom. The number of methoxy groups -OCH3 is 1. The number of hydrogen-bond donors (Lipinski definition) is 1. The van der Waals surface area contributed by atoms with Gasteiger partial charge in [0.25, 0.3) is 5.91 Å². The van der Waals surface area contributed by atoms with Crippen LogP contribution >= 0.6 is 0 Å². The lowest BCUT2D eigenvalue weighted by Gasteiger charge is -2.36. The van der Waals surface area contributed by atoms with Crippen LogP contribution in [0.4, 0.5) is 0 Å². The summed E-state index contributed by atoms with van der Waals surface area (Å²) in [5.74, 6) is -2.61. The first-order chi connectivity index (χ1) is 12.5. The van der Waals surface area contributed by atoms with Crippen LogP contribution in [0.2, 0.25) is 0 Å². The van der Waals surface area contributed by atoms with Gasteiger partial charge in [0.2, 0.25) is 5.76 Å². The van der Waals surface area contributed by atoms with Crippen molar-refractivity contribution < 1.29 is 28.3 Å². The van der Waals surface area contributed by atoms with Crippen LogP contribution in [0.15, 0.2) is 65.0 Å². The monoisotopic (exact) mass is 355 g/mol. The van der Waals surface area contributed by atoms with Gasteiger partial charge in [-0.1, -0.05) is 18.2 Å². The highest BCUT2D eigenvalue weighted by atomic mass is 16.6. The van der Waals surface area contributed by atoms with Crippen LogP contribution in [0.3, 0.4) is 0 Å². The van der Waals surface area contributed by atoms with Gasteiger partial charge in [0.1, 0.15) is 11.3 Å². The molecule has 3 rings (SSSR count). The minimum atomic E-state index is -1.47. The number of benzene rings is 1. The lowest BCUT2D eigenvalue weighted by Crippen LogP contribution is -2.58. The number of hydrogen-bond acceptors (Lipinski definition) is 6. The Bertz CT molecular complexity index is 855. The summed E-state index contributed by atoms with van der Waals surface area (Å²) in [5, 5.41) is 2.71. The van der Waals surface area contributed by atoms with Crippen LogP contribution in [0.1, 0.15) is 29.0 Å². The summed E-state index contributed by atoms with van der Waals surface area (Å²) in [5.41, 5.74) is -1.08. The summed E-state index contributed by atoms with van der Waals surface area (Å²) < 4.78 is 15.1. The third-order valence-electron chi connectivity index (χ3n) is 4.21. The molecule has 0 fully saturated rings. The van der Waals surface area contributed by atoms with Gasteiger partial charge in [-0.3, -0.25) is 4.79 Å². The van der Waals surface area contributed by atoms with E-state index in [4.69, 9.17) is 9.15 Å². The number of amides is 1. The zero-order chi connectivity index (χ0) is 18.7. The van der Waals surface area contributed by atoms with Gasteiger partial charge < -0.3 is 19.2 Å². The Hall–Kier alpha value is -3.35. The van der Waals surface area contributed by atoms with Gasteiger partial charge in [0, 0.05) is 5.56 Å². The molecule has 0 aliphatic carbocycles. The fourth-order valence-corrected chi connectivity index (χ4v) is 2.76. The molecule has 0 radical (unpaired) electrons. The number of rotatable bonds is 4. The van der Waals surface area contributed by atoms with Crippen molar-refractivity contribution in [3.05, 3.63) is 71.9 Å². The van der Waals surface area contributed by atoms with Gasteiger partial charge in [-0.15, -0.1) is 0 Å². The highest BCUT2D eigenvalue weighted by Crippen LogP contribution is 2.37. The number of ether oxygens (including phenoxy) is 2. The molecule has 7 nitrogen and oxygen atoms in total. The first kappa shape index (κ1) is 17.5. The van der Waals surface area contributed by atoms with Crippen molar-refractivity contribution in [2.24, 2.45) is 0 Å². The molecule has 0 saturated carbocycles. The predicted octanol–water partition coefficient (Wildman–Crippen LogP) is 2.17. The van der Waals surface area contributed by atoms with Gasteiger partial charge in [-0.25, -0.2) is 9.59 Å². The average molecular weight is 355 g/mol. The molecule has 0 spiro atoms. The first-order valence-corrected chi connectivity index (χ1v) is 7.89. The second-order valence-electron chi connectivity index (χ2n) is 5.93. The molecule has 2 heterocycles. The van der Waals surface area contributed by atoms with E-state index in [2.05, 4.69) is 10.1 Å². The van der Waals surface area contributed by atoms with Crippen molar-refractivity contribution in [2.45, 2.75) is 18.4 Å². The number of nitrogens with one attached hydrogen (secondary N) is 1. The lowest BCUT2D eigenvalue weighted by atomic mass is 9.81. The van der Waals surface area contributed by atoms with Crippen molar-refractivity contribution in [3.8, 4) is 0 Å². The minimum Gasteiger partial charge on any atom is -0.469 e. The van der Waals surface area contributed by atoms with Crippen molar-refractivity contribution in [3.63, 3.8) is 0 Å². The lowest BCUT2D eigenvalue weighted by molar-refractivity contribution is -0.156. The van der Waals surface area contributed by atoms with Crippen LogP contribution in [0.5, 0.6) is 0 Å². The minimum absolute atomic E-state index is 0.245. The van der Waals surface area contributed by atoms with Crippen LogP contribution in [0, 0.1) is 0 Å². The molecule has 0 bridgehead atoms. The van der Waals surface area contributed by atoms with Crippen LogP contribution in [-0.4, -0.2) is 30.5 Å². The van der Waals surface area contributed by atoms with Gasteiger partial charge in [0.15, 0.2) is 0 Å². The normalized spacial score (nSPS) is 22.2. The highest BCUT2D eigenvalue weighted by molar-refractivity contribution is 6.00. The molecule has 1 aromatic carbocycles. The van der Waals surface area contributed by atoms with Crippen molar-refractivity contribution in [2.75, 3.05) is 7.11 Å². The maximum absolute atomic E-state index is 12.7. The molecule has 1 aliphatic rings. The van der Waals surface area contributed by atoms with E-state index in [1.165, 1.54) is 26.4 Å². The van der Waals surface area contributed by atoms with Crippen LogP contribution in [0.25, 0.3) is 0 Å². The number of carbonyl (C=O) groups is 3. The molecule has 1 N–H and O–H groups in total. The zero-order valence-corrected chi connectivity index (χ0v) is 14.2. The van der Waals surface area contributed by atoms with Gasteiger partial charge in [0.05, 0.1) is 19.3 Å². The largest absolute Gasteiger partial charge is 0.469 e. The summed E-state index contributed by atoms with van der Waals surface area (Å²) >= 11 is 0. The van der Waals surface area contributed by atoms with Crippen molar-refractivity contribution in [1.82, 2.24) is 5.32 Å². The maximum atomic E-state index is 12.7. The number of cyclic esters (lactones) is 1. The molecule has 1 aromatic heterocycles. The van der Waals surface area contributed by atoms with E-state index in [1.807, 2.05) is 0 Å². The van der Waals surface area contributed by atoms with E-state index in [1.54, 1.807) is 42.5 Å². The predicted molar refractivity (Wildman–Crippen MR) is 90.0 cm³/mol. The third-order valence-corrected chi connectivity index (χ3v) is 4.21. The summed E-state index contributed by atoms with van der Waals surface area (Å²) in [6, 6.07) is 11.8. The summed E-state index contributed by atoms with van der Waals surface area (Å²) in [6.45, 7) is 1.52. The van der Waals surface area contributed by atoms with E-state index in [9.17, 15) is 14.4 Å². The number of carbonyl (C=O) groups excluding carboxylic acids is 3. The topological polar surface area (TPSA) is 94.8 Å². The van der Waals surface area contributed by atoms with Crippen molar-refractivity contribution in [1.29, 1.82) is 0 Å². The summed E-state index contributed by atoms with van der Waals surface area (Å²) in [4.78, 5) is 37.1. The molecule has 0 saturated heterocycles. The van der Waals surface area contributed by atoms with Crippen LogP contribution < -0.4 is 5.32 Å². The first-order valence-electron chi connectivity index (χ1n) is 7.89. The molecular formula is C19H17NO6. The van der Waals surface area contributed by atoms with Gasteiger partial charge in [-0.2, -0.15) is 0 Å². The number of esters is 2. The molecule has 1 amide bonds. The molecule has 2 aromatic rings. The molecule has 2 atom stereocenters. The van der Waals surface area contributed by atoms with Gasteiger partial charge in [-0.05, 0) is 37.3 Å². The van der Waals surface area contributed by atoms with E-state index >= 15 is 0 Å². The van der Waals surface area contributed by atoms with E-state index in [-0.39, 0.29) is 5.76 Å². The second kappa shape index (κ2) is 6.87. The number of furan rings is 1. The Kier molecular flexibility index (Phi) is 4.62. The van der Waals surface area contributed by atoms with Gasteiger partial charge >= 0.3 is 11.9 Å². The fraction of sp³-hybridized carbons (Fsp3) is 0.211. The Morgan fingerprint density at radius 1 is 1.15 bits per heavy atom. The standard InChI is InChI=1S/C19H17NO6/c1-19(20-16(21)12-7-4-3-5-8-12)13(14-9-6-10-25-14)11-15(17(22)24-2)26-18(19)23/h3-11,13H,1-2H3,(H,20,21)/t13-,19+/m1/s1. The van der Waals surface area contributed by atoms with Crippen molar-refractivity contribution >= 4 is 17.8 Å². The highest BCUT2D eigenvalue weighted by Gasteiger charge is 2.50. The molecule has 1 aliphatic heterocycles. The van der Waals surface area contributed by atoms with E-state index in [0.717, 1.165) is 0 Å². The summed E-state index contributed by atoms with van der Waals surface area (Å²) in [7, 11) is 1.18. The SMILES string of the molecule is COC(=O)C1=C[C@H](c2ccco2)[C@](C)(NC(=O)c2ccccc2)C(=O)O1. The molecule has 7 heteroatoms. The molecular weight excluding hydrogens is 338 g/mol. The Morgan fingerprint density at radius 2 is 1.88 bits per heavy atom. The average Bonchev–Trinajstić information content (AvgIpc) is 3.18.